The minimum Gasteiger partial charge on any atom is -0.392 e. The van der Waals surface area contributed by atoms with Gasteiger partial charge in [-0.1, -0.05) is 11.6 Å². The Morgan fingerprint density at radius 3 is 3.15 bits per heavy atom. The van der Waals surface area contributed by atoms with Gasteiger partial charge in [-0.25, -0.2) is 4.98 Å². The fourth-order valence-electron chi connectivity index (χ4n) is 2.62. The number of β-amino-alcohol motifs (C(OH)–C–C–N with tert-alkyl or cyclic N) is 1. The quantitative estimate of drug-likeness (QED) is 0.881. The summed E-state index contributed by atoms with van der Waals surface area (Å²) < 4.78 is 0. The highest BCUT2D eigenvalue weighted by atomic mass is 35.5. The summed E-state index contributed by atoms with van der Waals surface area (Å²) in [4.78, 5) is 21.4. The average Bonchev–Trinajstić information content (AvgIpc) is 2.40. The lowest BCUT2D eigenvalue weighted by atomic mass is 10.1. The van der Waals surface area contributed by atoms with E-state index < -0.39 is 0 Å². The number of aromatic amines is 1. The van der Waals surface area contributed by atoms with Crippen molar-refractivity contribution in [3.63, 3.8) is 0 Å². The van der Waals surface area contributed by atoms with Crippen molar-refractivity contribution in [2.24, 2.45) is 0 Å². The summed E-state index contributed by atoms with van der Waals surface area (Å²) in [5, 5.41) is 10.7. The molecule has 1 aliphatic rings. The van der Waals surface area contributed by atoms with E-state index in [0.717, 1.165) is 19.4 Å². The van der Waals surface area contributed by atoms with Crippen molar-refractivity contribution in [2.45, 2.75) is 25.5 Å². The highest BCUT2D eigenvalue weighted by Gasteiger charge is 2.18. The molecule has 0 aliphatic carbocycles. The van der Waals surface area contributed by atoms with Gasteiger partial charge in [0.2, 0.25) is 0 Å². The molecule has 0 amide bonds. The molecule has 0 spiro atoms. The summed E-state index contributed by atoms with van der Waals surface area (Å²) >= 11 is 5.89. The molecular formula is C14H16ClN3O2. The molecule has 1 aromatic heterocycles. The second-order valence-electron chi connectivity index (χ2n) is 5.21. The summed E-state index contributed by atoms with van der Waals surface area (Å²) in [5.41, 5.74) is 0.468. The van der Waals surface area contributed by atoms with E-state index in [-0.39, 0.29) is 11.7 Å². The van der Waals surface area contributed by atoms with E-state index in [2.05, 4.69) is 14.9 Å². The Morgan fingerprint density at radius 2 is 2.35 bits per heavy atom. The number of hydrogen-bond donors (Lipinski definition) is 2. The van der Waals surface area contributed by atoms with Crippen molar-refractivity contribution in [2.75, 3.05) is 13.1 Å². The van der Waals surface area contributed by atoms with Gasteiger partial charge >= 0.3 is 0 Å². The van der Waals surface area contributed by atoms with E-state index in [1.165, 1.54) is 0 Å². The summed E-state index contributed by atoms with van der Waals surface area (Å²) in [6.45, 7) is 2.09. The molecule has 1 aromatic carbocycles. The number of likely N-dealkylation sites (tertiary alicyclic amines) is 1. The molecular weight excluding hydrogens is 278 g/mol. The number of aliphatic hydroxyl groups excluding tert-OH is 1. The minimum atomic E-state index is -0.283. The molecule has 106 valence electrons. The first-order valence-corrected chi connectivity index (χ1v) is 7.08. The van der Waals surface area contributed by atoms with Crippen LogP contribution in [-0.4, -0.2) is 39.2 Å². The van der Waals surface area contributed by atoms with Crippen molar-refractivity contribution < 1.29 is 5.11 Å². The maximum atomic E-state index is 12.0. The van der Waals surface area contributed by atoms with Gasteiger partial charge in [0.05, 0.1) is 23.6 Å². The molecule has 1 atom stereocenters. The van der Waals surface area contributed by atoms with E-state index in [9.17, 15) is 9.90 Å². The van der Waals surface area contributed by atoms with Crippen molar-refractivity contribution >= 4 is 22.5 Å². The van der Waals surface area contributed by atoms with E-state index in [1.807, 2.05) is 0 Å². The number of nitrogens with one attached hydrogen (secondary N) is 1. The molecule has 0 saturated carbocycles. The summed E-state index contributed by atoms with van der Waals surface area (Å²) in [6, 6.07) is 5.10. The zero-order valence-corrected chi connectivity index (χ0v) is 11.7. The monoisotopic (exact) mass is 293 g/mol. The van der Waals surface area contributed by atoms with Crippen molar-refractivity contribution in [3.8, 4) is 0 Å². The van der Waals surface area contributed by atoms with Gasteiger partial charge in [0.1, 0.15) is 5.82 Å². The fraction of sp³-hybridized carbons (Fsp3) is 0.429. The molecule has 1 aliphatic heterocycles. The van der Waals surface area contributed by atoms with Gasteiger partial charge in [0.15, 0.2) is 0 Å². The third-order valence-electron chi connectivity index (χ3n) is 3.57. The molecule has 2 N–H and O–H groups in total. The predicted molar refractivity (Wildman–Crippen MR) is 77.9 cm³/mol. The van der Waals surface area contributed by atoms with Crippen LogP contribution in [0.4, 0.5) is 0 Å². The van der Waals surface area contributed by atoms with Gasteiger partial charge in [0, 0.05) is 11.6 Å². The van der Waals surface area contributed by atoms with Gasteiger partial charge in [-0.2, -0.15) is 0 Å². The van der Waals surface area contributed by atoms with Crippen LogP contribution in [0.15, 0.2) is 23.0 Å². The normalized spacial score (nSPS) is 20.4. The van der Waals surface area contributed by atoms with Crippen LogP contribution < -0.4 is 5.56 Å². The van der Waals surface area contributed by atoms with Gasteiger partial charge in [0.25, 0.3) is 5.56 Å². The first-order chi connectivity index (χ1) is 9.61. The van der Waals surface area contributed by atoms with Gasteiger partial charge in [-0.05, 0) is 37.6 Å². The molecule has 5 nitrogen and oxygen atoms in total. The Morgan fingerprint density at radius 1 is 1.50 bits per heavy atom. The fourth-order valence-corrected chi connectivity index (χ4v) is 2.79. The summed E-state index contributed by atoms with van der Waals surface area (Å²) in [6.07, 6.45) is 1.53. The van der Waals surface area contributed by atoms with Crippen LogP contribution in [0.5, 0.6) is 0 Å². The molecule has 1 fully saturated rings. The summed E-state index contributed by atoms with van der Waals surface area (Å²) in [5.74, 6) is 0.624. The number of halogens is 1. The SMILES string of the molecule is O=c1[nH]c(CN2CCC[C@H](O)C2)nc2ccc(Cl)cc12. The number of rotatable bonds is 2. The first-order valence-electron chi connectivity index (χ1n) is 6.71. The number of aliphatic hydroxyl groups is 1. The van der Waals surface area contributed by atoms with E-state index in [4.69, 9.17) is 11.6 Å². The second kappa shape index (κ2) is 5.52. The lowest BCUT2D eigenvalue weighted by Crippen LogP contribution is -2.38. The van der Waals surface area contributed by atoms with Crippen LogP contribution in [0.1, 0.15) is 18.7 Å². The third kappa shape index (κ3) is 2.85. The summed E-state index contributed by atoms with van der Waals surface area (Å²) in [7, 11) is 0. The first kappa shape index (κ1) is 13.5. The highest BCUT2D eigenvalue weighted by molar-refractivity contribution is 6.31. The Bertz CT molecular complexity index is 686. The van der Waals surface area contributed by atoms with Gasteiger partial charge in [-0.15, -0.1) is 0 Å². The molecule has 20 heavy (non-hydrogen) atoms. The zero-order valence-electron chi connectivity index (χ0n) is 11.0. The molecule has 1 saturated heterocycles. The average molecular weight is 294 g/mol. The largest absolute Gasteiger partial charge is 0.392 e. The van der Waals surface area contributed by atoms with Crippen LogP contribution in [0, 0.1) is 0 Å². The molecule has 2 aromatic rings. The highest BCUT2D eigenvalue weighted by Crippen LogP contribution is 2.16. The zero-order chi connectivity index (χ0) is 14.1. The maximum Gasteiger partial charge on any atom is 0.258 e. The smallest absolute Gasteiger partial charge is 0.258 e. The van der Waals surface area contributed by atoms with Crippen molar-refractivity contribution in [3.05, 3.63) is 39.4 Å². The number of benzene rings is 1. The standard InChI is InChI=1S/C14H16ClN3O2/c15-9-3-4-12-11(6-9)14(20)17-13(16-12)8-18-5-1-2-10(19)7-18/h3-4,6,10,19H,1-2,5,7-8H2,(H,16,17,20)/t10-/m0/s1. The number of nitrogens with zero attached hydrogens (tertiary/aromatic N) is 2. The topological polar surface area (TPSA) is 69.2 Å². The third-order valence-corrected chi connectivity index (χ3v) is 3.81. The number of H-pyrrole nitrogens is 1. The van der Waals surface area contributed by atoms with Crippen LogP contribution in [0.2, 0.25) is 5.02 Å². The number of aromatic nitrogens is 2. The Kier molecular flexibility index (Phi) is 3.74. The lowest BCUT2D eigenvalue weighted by molar-refractivity contribution is 0.0655. The van der Waals surface area contributed by atoms with E-state index in [1.54, 1.807) is 18.2 Å². The van der Waals surface area contributed by atoms with Gasteiger partial charge in [-0.3, -0.25) is 9.69 Å². The number of fused-ring (bicyclic) bond motifs is 1. The Labute approximate surface area is 121 Å². The second-order valence-corrected chi connectivity index (χ2v) is 5.64. The predicted octanol–water partition coefficient (Wildman–Crippen LogP) is 1.53. The molecule has 0 radical (unpaired) electrons. The Balaban J connectivity index is 1.89. The van der Waals surface area contributed by atoms with Gasteiger partial charge < -0.3 is 10.1 Å². The van der Waals surface area contributed by atoms with Crippen molar-refractivity contribution in [1.82, 2.24) is 14.9 Å². The van der Waals surface area contributed by atoms with Crippen molar-refractivity contribution in [1.29, 1.82) is 0 Å². The van der Waals surface area contributed by atoms with Crippen LogP contribution in [-0.2, 0) is 6.54 Å². The lowest BCUT2D eigenvalue weighted by Gasteiger charge is -2.29. The van der Waals surface area contributed by atoms with Crippen LogP contribution in [0.3, 0.4) is 0 Å². The van der Waals surface area contributed by atoms with E-state index in [0.29, 0.717) is 34.8 Å². The Hall–Kier alpha value is -1.43. The molecule has 3 rings (SSSR count). The van der Waals surface area contributed by atoms with Crippen LogP contribution >= 0.6 is 11.6 Å². The maximum absolute atomic E-state index is 12.0. The van der Waals surface area contributed by atoms with E-state index >= 15 is 0 Å². The minimum absolute atomic E-state index is 0.176. The molecule has 0 bridgehead atoms. The molecule has 0 unspecified atom stereocenters. The number of hydrogen-bond acceptors (Lipinski definition) is 4. The van der Waals surface area contributed by atoms with Crippen LogP contribution in [0.25, 0.3) is 10.9 Å². The number of piperidine rings is 1. The molecule has 2 heterocycles. The molecule has 6 heteroatoms.